The first-order valence-corrected chi connectivity index (χ1v) is 7.91. The highest BCUT2D eigenvalue weighted by Crippen LogP contribution is 2.23. The Labute approximate surface area is 127 Å². The van der Waals surface area contributed by atoms with Crippen molar-refractivity contribution in [2.75, 3.05) is 13.1 Å². The molecule has 21 heavy (non-hydrogen) atoms. The van der Waals surface area contributed by atoms with Gasteiger partial charge in [0, 0.05) is 42.8 Å². The van der Waals surface area contributed by atoms with E-state index >= 15 is 0 Å². The second-order valence-corrected chi connectivity index (χ2v) is 6.72. The molecule has 0 radical (unpaired) electrons. The largest absolute Gasteiger partial charge is 0.309 e. The van der Waals surface area contributed by atoms with Crippen LogP contribution in [0.25, 0.3) is 10.9 Å². The summed E-state index contributed by atoms with van der Waals surface area (Å²) in [5.74, 6) is 0. The number of rotatable bonds is 3. The number of para-hydroxylation sites is 1. The summed E-state index contributed by atoms with van der Waals surface area (Å²) >= 11 is 0. The van der Waals surface area contributed by atoms with Crippen molar-refractivity contribution in [1.82, 2.24) is 15.2 Å². The van der Waals surface area contributed by atoms with Crippen molar-refractivity contribution < 1.29 is 0 Å². The zero-order valence-electron chi connectivity index (χ0n) is 13.3. The Morgan fingerprint density at radius 3 is 2.90 bits per heavy atom. The lowest BCUT2D eigenvalue weighted by molar-refractivity contribution is 0.0862. The summed E-state index contributed by atoms with van der Waals surface area (Å²) in [5.41, 5.74) is 2.67. The third-order valence-corrected chi connectivity index (χ3v) is 4.52. The predicted molar refractivity (Wildman–Crippen MR) is 88.3 cm³/mol. The number of pyridine rings is 1. The molecule has 0 amide bonds. The minimum absolute atomic E-state index is 0.189. The molecule has 0 aliphatic carbocycles. The first kappa shape index (κ1) is 14.5. The Morgan fingerprint density at radius 1 is 1.29 bits per heavy atom. The second kappa shape index (κ2) is 5.74. The van der Waals surface area contributed by atoms with E-state index in [1.165, 1.54) is 17.4 Å². The smallest absolute Gasteiger partial charge is 0.0705 e. The van der Waals surface area contributed by atoms with Crippen LogP contribution in [-0.4, -0.2) is 34.6 Å². The molecule has 1 saturated heterocycles. The molecule has 1 aromatic carbocycles. The van der Waals surface area contributed by atoms with Crippen LogP contribution in [-0.2, 0) is 6.54 Å². The van der Waals surface area contributed by atoms with Gasteiger partial charge in [-0.25, -0.2) is 0 Å². The van der Waals surface area contributed by atoms with Crippen LogP contribution < -0.4 is 5.32 Å². The van der Waals surface area contributed by atoms with Gasteiger partial charge in [0.1, 0.15) is 0 Å². The van der Waals surface area contributed by atoms with Crippen LogP contribution in [0, 0.1) is 0 Å². The number of nitrogens with one attached hydrogen (secondary N) is 1. The fraction of sp³-hybridized carbons (Fsp3) is 0.500. The number of nitrogens with zero attached hydrogens (tertiary/aromatic N) is 2. The minimum Gasteiger partial charge on any atom is -0.309 e. The van der Waals surface area contributed by atoms with Crippen LogP contribution in [0.1, 0.15) is 32.8 Å². The molecule has 0 saturated carbocycles. The van der Waals surface area contributed by atoms with Gasteiger partial charge in [0.05, 0.1) is 5.52 Å². The third kappa shape index (κ3) is 3.09. The van der Waals surface area contributed by atoms with Crippen molar-refractivity contribution in [2.24, 2.45) is 0 Å². The van der Waals surface area contributed by atoms with Crippen LogP contribution in [0.4, 0.5) is 0 Å². The Kier molecular flexibility index (Phi) is 3.96. The maximum Gasteiger partial charge on any atom is 0.0705 e. The molecule has 1 fully saturated rings. The van der Waals surface area contributed by atoms with Gasteiger partial charge in [-0.2, -0.15) is 0 Å². The summed E-state index contributed by atoms with van der Waals surface area (Å²) in [7, 11) is 0. The van der Waals surface area contributed by atoms with Crippen molar-refractivity contribution >= 4 is 10.9 Å². The lowest BCUT2D eigenvalue weighted by Gasteiger charge is -2.44. The van der Waals surface area contributed by atoms with Crippen LogP contribution in [0.5, 0.6) is 0 Å². The van der Waals surface area contributed by atoms with Crippen molar-refractivity contribution in [3.8, 4) is 0 Å². The van der Waals surface area contributed by atoms with Gasteiger partial charge < -0.3 is 5.32 Å². The molecule has 1 atom stereocenters. The summed E-state index contributed by atoms with van der Waals surface area (Å²) in [6.07, 6.45) is 3.12. The van der Waals surface area contributed by atoms with E-state index in [0.29, 0.717) is 6.04 Å². The van der Waals surface area contributed by atoms with E-state index in [4.69, 9.17) is 0 Å². The quantitative estimate of drug-likeness (QED) is 0.937. The number of fused-ring (bicyclic) bond motifs is 1. The van der Waals surface area contributed by atoms with E-state index in [9.17, 15) is 0 Å². The molecule has 3 heteroatoms. The van der Waals surface area contributed by atoms with Gasteiger partial charge in [-0.1, -0.05) is 25.1 Å². The van der Waals surface area contributed by atoms with Gasteiger partial charge in [0.25, 0.3) is 0 Å². The topological polar surface area (TPSA) is 28.2 Å². The first-order chi connectivity index (χ1) is 10.1. The van der Waals surface area contributed by atoms with E-state index in [-0.39, 0.29) is 5.54 Å². The Balaban J connectivity index is 1.89. The monoisotopic (exact) mass is 283 g/mol. The van der Waals surface area contributed by atoms with Gasteiger partial charge in [0.2, 0.25) is 0 Å². The zero-order valence-corrected chi connectivity index (χ0v) is 13.3. The predicted octanol–water partition coefficient (Wildman–Crippen LogP) is 3.20. The maximum absolute atomic E-state index is 4.47. The molecule has 2 heterocycles. The molecule has 1 unspecified atom stereocenters. The zero-order chi connectivity index (χ0) is 14.9. The normalized spacial score (nSPS) is 22.5. The number of piperazine rings is 1. The molecule has 0 bridgehead atoms. The highest BCUT2D eigenvalue weighted by Gasteiger charge is 2.31. The SMILES string of the molecule is CCC1CNC(C)(C)CN1Cc1ccnc2ccccc12. The molecule has 1 aromatic heterocycles. The van der Waals surface area contributed by atoms with E-state index < -0.39 is 0 Å². The maximum atomic E-state index is 4.47. The minimum atomic E-state index is 0.189. The Hall–Kier alpha value is -1.45. The molecule has 0 spiro atoms. The first-order valence-electron chi connectivity index (χ1n) is 7.91. The number of hydrogen-bond acceptors (Lipinski definition) is 3. The lowest BCUT2D eigenvalue weighted by atomic mass is 9.96. The molecule has 1 aliphatic heterocycles. The van der Waals surface area contributed by atoms with Crippen molar-refractivity contribution in [2.45, 2.75) is 45.3 Å². The van der Waals surface area contributed by atoms with Crippen LogP contribution >= 0.6 is 0 Å². The summed E-state index contributed by atoms with van der Waals surface area (Å²) in [4.78, 5) is 7.10. The summed E-state index contributed by atoms with van der Waals surface area (Å²) in [5, 5.41) is 4.94. The fourth-order valence-corrected chi connectivity index (χ4v) is 3.32. The van der Waals surface area contributed by atoms with Crippen molar-refractivity contribution in [3.05, 3.63) is 42.1 Å². The van der Waals surface area contributed by atoms with Gasteiger partial charge in [-0.05, 0) is 38.0 Å². The van der Waals surface area contributed by atoms with E-state index in [2.05, 4.69) is 66.3 Å². The average Bonchev–Trinajstić information content (AvgIpc) is 2.47. The third-order valence-electron chi connectivity index (χ3n) is 4.52. The number of benzene rings is 1. The summed E-state index contributed by atoms with van der Waals surface area (Å²) < 4.78 is 0. The van der Waals surface area contributed by atoms with Gasteiger partial charge >= 0.3 is 0 Å². The summed E-state index contributed by atoms with van der Waals surface area (Å²) in [6, 6.07) is 11.2. The molecule has 3 nitrogen and oxygen atoms in total. The highest BCUT2D eigenvalue weighted by molar-refractivity contribution is 5.81. The van der Waals surface area contributed by atoms with Gasteiger partial charge in [-0.15, -0.1) is 0 Å². The molecule has 112 valence electrons. The van der Waals surface area contributed by atoms with Crippen LogP contribution in [0.15, 0.2) is 36.5 Å². The van der Waals surface area contributed by atoms with Gasteiger partial charge in [-0.3, -0.25) is 9.88 Å². The van der Waals surface area contributed by atoms with E-state index in [1.54, 1.807) is 0 Å². The number of aromatic nitrogens is 1. The van der Waals surface area contributed by atoms with E-state index in [0.717, 1.165) is 25.2 Å². The van der Waals surface area contributed by atoms with E-state index in [1.807, 2.05) is 6.20 Å². The Morgan fingerprint density at radius 2 is 2.10 bits per heavy atom. The van der Waals surface area contributed by atoms with Crippen LogP contribution in [0.3, 0.4) is 0 Å². The molecular formula is C18H25N3. The Bertz CT molecular complexity index is 615. The number of hydrogen-bond donors (Lipinski definition) is 1. The molecule has 2 aromatic rings. The van der Waals surface area contributed by atoms with Crippen molar-refractivity contribution in [3.63, 3.8) is 0 Å². The standard InChI is InChI=1S/C18H25N3/c1-4-15-11-20-18(2,3)13-21(15)12-14-9-10-19-17-8-6-5-7-16(14)17/h5-10,15,20H,4,11-13H2,1-3H3. The lowest BCUT2D eigenvalue weighted by Crippen LogP contribution is -2.61. The fourth-order valence-electron chi connectivity index (χ4n) is 3.32. The molecular weight excluding hydrogens is 258 g/mol. The van der Waals surface area contributed by atoms with Crippen LogP contribution in [0.2, 0.25) is 0 Å². The highest BCUT2D eigenvalue weighted by atomic mass is 15.2. The summed E-state index contributed by atoms with van der Waals surface area (Å²) in [6.45, 7) is 10.0. The average molecular weight is 283 g/mol. The molecule has 1 N–H and O–H groups in total. The van der Waals surface area contributed by atoms with Gasteiger partial charge in [0.15, 0.2) is 0 Å². The molecule has 1 aliphatic rings. The van der Waals surface area contributed by atoms with Crippen molar-refractivity contribution in [1.29, 1.82) is 0 Å². The second-order valence-electron chi connectivity index (χ2n) is 6.72. The molecule has 3 rings (SSSR count).